The van der Waals surface area contributed by atoms with Crippen LogP contribution in [0.2, 0.25) is 5.02 Å². The van der Waals surface area contributed by atoms with E-state index in [-0.39, 0.29) is 0 Å². The van der Waals surface area contributed by atoms with Gasteiger partial charge in [0.15, 0.2) is 0 Å². The summed E-state index contributed by atoms with van der Waals surface area (Å²) in [5, 5.41) is 0.722. The summed E-state index contributed by atoms with van der Waals surface area (Å²) >= 11 is 7.68. The summed E-state index contributed by atoms with van der Waals surface area (Å²) in [6, 6.07) is 12.7. The molecule has 0 aliphatic rings. The number of rotatable bonds is 4. The van der Waals surface area contributed by atoms with Gasteiger partial charge in [0.05, 0.1) is 5.02 Å². The van der Waals surface area contributed by atoms with Crippen LogP contribution < -0.4 is 11.5 Å². The number of benzene rings is 2. The Morgan fingerprint density at radius 3 is 2.58 bits per heavy atom. The number of halogens is 1. The second kappa shape index (κ2) is 5.99. The number of hydrogen-bond donors (Lipinski definition) is 2. The SMILES string of the molecule is NC(=O)c1ccc(CSc2ccccc2Cl)c(N)c1. The highest BCUT2D eigenvalue weighted by Crippen LogP contribution is 2.31. The largest absolute Gasteiger partial charge is 0.398 e. The minimum Gasteiger partial charge on any atom is -0.398 e. The Balaban J connectivity index is 2.12. The fraction of sp³-hybridized carbons (Fsp3) is 0.0714. The van der Waals surface area contributed by atoms with E-state index in [1.165, 1.54) is 0 Å². The molecular weight excluding hydrogens is 280 g/mol. The summed E-state index contributed by atoms with van der Waals surface area (Å²) in [5.74, 6) is 0.214. The van der Waals surface area contributed by atoms with Gasteiger partial charge in [-0.25, -0.2) is 0 Å². The molecule has 0 aliphatic heterocycles. The van der Waals surface area contributed by atoms with Crippen LogP contribution in [-0.4, -0.2) is 5.91 Å². The van der Waals surface area contributed by atoms with E-state index in [1.54, 1.807) is 23.9 Å². The highest BCUT2D eigenvalue weighted by Gasteiger charge is 2.06. The van der Waals surface area contributed by atoms with Crippen molar-refractivity contribution in [2.45, 2.75) is 10.6 Å². The van der Waals surface area contributed by atoms with Gasteiger partial charge in [0.1, 0.15) is 0 Å². The zero-order chi connectivity index (χ0) is 13.8. The summed E-state index contributed by atoms with van der Waals surface area (Å²) in [5.41, 5.74) is 13.0. The third-order valence-corrected chi connectivity index (χ3v) is 4.21. The highest BCUT2D eigenvalue weighted by molar-refractivity contribution is 7.98. The van der Waals surface area contributed by atoms with Crippen molar-refractivity contribution in [1.29, 1.82) is 0 Å². The summed E-state index contributed by atoms with van der Waals surface area (Å²) in [6.45, 7) is 0. The molecule has 0 radical (unpaired) electrons. The first-order valence-electron chi connectivity index (χ1n) is 5.63. The first-order valence-corrected chi connectivity index (χ1v) is 7.00. The zero-order valence-electron chi connectivity index (χ0n) is 10.1. The summed E-state index contributed by atoms with van der Waals surface area (Å²) in [6.07, 6.45) is 0. The van der Waals surface area contributed by atoms with E-state index in [4.69, 9.17) is 23.1 Å². The van der Waals surface area contributed by atoms with Crippen molar-refractivity contribution in [2.75, 3.05) is 5.73 Å². The van der Waals surface area contributed by atoms with Gasteiger partial charge in [0.2, 0.25) is 5.91 Å². The van der Waals surface area contributed by atoms with E-state index in [2.05, 4.69) is 0 Å². The number of nitrogens with two attached hydrogens (primary N) is 2. The number of carbonyl (C=O) groups excluding carboxylic acids is 1. The molecule has 0 saturated carbocycles. The molecule has 0 aromatic heterocycles. The van der Waals surface area contributed by atoms with Crippen molar-refractivity contribution >= 4 is 35.0 Å². The van der Waals surface area contributed by atoms with Crippen LogP contribution in [0.5, 0.6) is 0 Å². The van der Waals surface area contributed by atoms with E-state index in [9.17, 15) is 4.79 Å². The van der Waals surface area contributed by atoms with Gasteiger partial charge in [-0.1, -0.05) is 29.8 Å². The highest BCUT2D eigenvalue weighted by atomic mass is 35.5. The molecule has 0 spiro atoms. The molecule has 5 heteroatoms. The first kappa shape index (κ1) is 13.8. The molecule has 3 nitrogen and oxygen atoms in total. The first-order chi connectivity index (χ1) is 9.08. The van der Waals surface area contributed by atoms with E-state index < -0.39 is 5.91 Å². The number of anilines is 1. The number of hydrogen-bond acceptors (Lipinski definition) is 3. The second-order valence-electron chi connectivity index (χ2n) is 4.00. The van der Waals surface area contributed by atoms with Gasteiger partial charge in [-0.3, -0.25) is 4.79 Å². The molecule has 2 aromatic rings. The molecule has 0 aliphatic carbocycles. The maximum atomic E-state index is 11.0. The number of carbonyl (C=O) groups is 1. The monoisotopic (exact) mass is 292 g/mol. The second-order valence-corrected chi connectivity index (χ2v) is 5.42. The Hall–Kier alpha value is -1.65. The molecule has 19 heavy (non-hydrogen) atoms. The third kappa shape index (κ3) is 3.43. The maximum Gasteiger partial charge on any atom is 0.248 e. The van der Waals surface area contributed by atoms with Gasteiger partial charge < -0.3 is 11.5 Å². The third-order valence-electron chi connectivity index (χ3n) is 2.65. The van der Waals surface area contributed by atoms with Gasteiger partial charge >= 0.3 is 0 Å². The van der Waals surface area contributed by atoms with Crippen molar-refractivity contribution in [3.8, 4) is 0 Å². The van der Waals surface area contributed by atoms with Gasteiger partial charge in [-0.05, 0) is 29.8 Å². The fourth-order valence-electron chi connectivity index (χ4n) is 1.60. The topological polar surface area (TPSA) is 69.1 Å². The lowest BCUT2D eigenvalue weighted by molar-refractivity contribution is 0.100. The molecular formula is C14H13ClN2OS. The average Bonchev–Trinajstić information content (AvgIpc) is 2.39. The van der Waals surface area contributed by atoms with Crippen LogP contribution in [0.4, 0.5) is 5.69 Å². The van der Waals surface area contributed by atoms with Crippen LogP contribution in [0.1, 0.15) is 15.9 Å². The molecule has 1 amide bonds. The van der Waals surface area contributed by atoms with Crippen LogP contribution in [0, 0.1) is 0 Å². The summed E-state index contributed by atoms with van der Waals surface area (Å²) in [4.78, 5) is 12.0. The van der Waals surface area contributed by atoms with Crippen LogP contribution in [0.15, 0.2) is 47.4 Å². The van der Waals surface area contributed by atoms with Crippen molar-refractivity contribution in [1.82, 2.24) is 0 Å². The number of amides is 1. The molecule has 2 rings (SSSR count). The molecule has 0 fully saturated rings. The standard InChI is InChI=1S/C14H13ClN2OS/c15-11-3-1-2-4-13(11)19-8-10-6-5-9(14(17)18)7-12(10)16/h1-7H,8,16H2,(H2,17,18). The Labute approximate surface area is 120 Å². The van der Waals surface area contributed by atoms with Crippen molar-refractivity contribution in [3.05, 3.63) is 58.6 Å². The lowest BCUT2D eigenvalue weighted by atomic mass is 10.1. The van der Waals surface area contributed by atoms with E-state index in [0.717, 1.165) is 15.5 Å². The molecule has 98 valence electrons. The smallest absolute Gasteiger partial charge is 0.248 e. The molecule has 4 N–H and O–H groups in total. The lowest BCUT2D eigenvalue weighted by Crippen LogP contribution is -2.11. The van der Waals surface area contributed by atoms with Crippen molar-refractivity contribution in [2.24, 2.45) is 5.73 Å². The molecule has 0 unspecified atom stereocenters. The predicted molar refractivity (Wildman–Crippen MR) is 80.4 cm³/mol. The average molecular weight is 293 g/mol. The van der Waals surface area contributed by atoms with Crippen LogP contribution in [0.3, 0.4) is 0 Å². The van der Waals surface area contributed by atoms with Crippen LogP contribution in [-0.2, 0) is 5.75 Å². The van der Waals surface area contributed by atoms with Gasteiger partial charge in [-0.15, -0.1) is 11.8 Å². The quantitative estimate of drug-likeness (QED) is 0.671. The Kier molecular flexibility index (Phi) is 4.35. The Bertz CT molecular complexity index is 616. The van der Waals surface area contributed by atoms with Gasteiger partial charge in [-0.2, -0.15) is 0 Å². The predicted octanol–water partition coefficient (Wildman–Crippen LogP) is 3.31. The van der Waals surface area contributed by atoms with Crippen molar-refractivity contribution < 1.29 is 4.79 Å². The number of nitrogen functional groups attached to an aromatic ring is 1. The zero-order valence-corrected chi connectivity index (χ0v) is 11.7. The minimum atomic E-state index is -0.475. The Morgan fingerprint density at radius 1 is 1.21 bits per heavy atom. The normalized spacial score (nSPS) is 10.4. The minimum absolute atomic E-state index is 0.420. The molecule has 0 heterocycles. The molecule has 2 aromatic carbocycles. The van der Waals surface area contributed by atoms with Crippen molar-refractivity contribution in [3.63, 3.8) is 0 Å². The van der Waals surface area contributed by atoms with E-state index >= 15 is 0 Å². The molecule has 0 saturated heterocycles. The lowest BCUT2D eigenvalue weighted by Gasteiger charge is -2.08. The summed E-state index contributed by atoms with van der Waals surface area (Å²) in [7, 11) is 0. The maximum absolute atomic E-state index is 11.0. The van der Waals surface area contributed by atoms with Crippen LogP contribution in [0.25, 0.3) is 0 Å². The van der Waals surface area contributed by atoms with Crippen LogP contribution >= 0.6 is 23.4 Å². The van der Waals surface area contributed by atoms with E-state index in [0.29, 0.717) is 17.0 Å². The number of thioether (sulfide) groups is 1. The Morgan fingerprint density at radius 2 is 1.95 bits per heavy atom. The summed E-state index contributed by atoms with van der Waals surface area (Å²) < 4.78 is 0. The number of primary amides is 1. The molecule has 0 atom stereocenters. The van der Waals surface area contributed by atoms with E-state index in [1.807, 2.05) is 30.3 Å². The fourth-order valence-corrected chi connectivity index (χ4v) is 2.85. The van der Waals surface area contributed by atoms with Gasteiger partial charge in [0, 0.05) is 21.9 Å². The molecule has 0 bridgehead atoms. The van der Waals surface area contributed by atoms with Gasteiger partial charge in [0.25, 0.3) is 0 Å².